The molecule has 2 amide bonds. The van der Waals surface area contributed by atoms with Gasteiger partial charge >= 0.3 is 0 Å². The SMILES string of the molecule is C=CCn1c(SCC(=O)Nc2c(C)cccc2CC)nnc1C(NC(=O)c1ccccc1Cl)C(C)C. The molecule has 2 aromatic carbocycles. The van der Waals surface area contributed by atoms with Crippen LogP contribution in [-0.4, -0.2) is 32.3 Å². The first-order chi connectivity index (χ1) is 17.3. The maximum absolute atomic E-state index is 13.0. The second kappa shape index (κ2) is 12.7. The quantitative estimate of drug-likeness (QED) is 0.242. The number of carbonyl (C=O) groups excluding carboxylic acids is 2. The molecule has 0 saturated heterocycles. The van der Waals surface area contributed by atoms with E-state index in [1.807, 2.05) is 43.5 Å². The molecule has 3 aromatic rings. The summed E-state index contributed by atoms with van der Waals surface area (Å²) in [6.45, 7) is 12.3. The van der Waals surface area contributed by atoms with Crippen molar-refractivity contribution in [3.8, 4) is 0 Å². The molecule has 1 heterocycles. The number of allylic oxidation sites excluding steroid dienone is 1. The van der Waals surface area contributed by atoms with Crippen molar-refractivity contribution in [3.05, 3.63) is 82.7 Å². The molecule has 1 unspecified atom stereocenters. The lowest BCUT2D eigenvalue weighted by Gasteiger charge is -2.23. The van der Waals surface area contributed by atoms with Gasteiger partial charge in [-0.05, 0) is 42.5 Å². The molecule has 1 atom stereocenters. The van der Waals surface area contributed by atoms with E-state index in [-0.39, 0.29) is 23.5 Å². The van der Waals surface area contributed by atoms with Crippen LogP contribution < -0.4 is 10.6 Å². The number of carbonyl (C=O) groups is 2. The lowest BCUT2D eigenvalue weighted by molar-refractivity contribution is -0.113. The Hall–Kier alpha value is -3.10. The summed E-state index contributed by atoms with van der Waals surface area (Å²) in [7, 11) is 0. The van der Waals surface area contributed by atoms with E-state index in [0.717, 1.165) is 23.2 Å². The number of amides is 2. The van der Waals surface area contributed by atoms with Crippen molar-refractivity contribution in [1.29, 1.82) is 0 Å². The first-order valence-corrected chi connectivity index (χ1v) is 13.2. The van der Waals surface area contributed by atoms with E-state index < -0.39 is 6.04 Å². The minimum atomic E-state index is -0.413. The molecule has 0 radical (unpaired) electrons. The van der Waals surface area contributed by atoms with Crippen LogP contribution in [0.1, 0.15) is 54.1 Å². The van der Waals surface area contributed by atoms with Gasteiger partial charge in [-0.3, -0.25) is 9.59 Å². The van der Waals surface area contributed by atoms with E-state index in [9.17, 15) is 9.59 Å². The molecule has 3 rings (SSSR count). The number of para-hydroxylation sites is 1. The van der Waals surface area contributed by atoms with Gasteiger partial charge in [-0.2, -0.15) is 0 Å². The Morgan fingerprint density at radius 1 is 1.17 bits per heavy atom. The van der Waals surface area contributed by atoms with Crippen molar-refractivity contribution < 1.29 is 9.59 Å². The minimum Gasteiger partial charge on any atom is -0.342 e. The first-order valence-electron chi connectivity index (χ1n) is 11.9. The highest BCUT2D eigenvalue weighted by atomic mass is 35.5. The van der Waals surface area contributed by atoms with Crippen LogP contribution in [0.15, 0.2) is 60.3 Å². The normalized spacial score (nSPS) is 11.8. The number of thioether (sulfide) groups is 1. The first kappa shape index (κ1) is 27.5. The third-order valence-corrected chi connectivity index (χ3v) is 7.04. The van der Waals surface area contributed by atoms with Crippen molar-refractivity contribution in [1.82, 2.24) is 20.1 Å². The highest BCUT2D eigenvalue weighted by molar-refractivity contribution is 7.99. The molecule has 0 spiro atoms. The lowest BCUT2D eigenvalue weighted by Crippen LogP contribution is -2.34. The van der Waals surface area contributed by atoms with Gasteiger partial charge in [0.2, 0.25) is 5.91 Å². The molecule has 0 saturated carbocycles. The summed E-state index contributed by atoms with van der Waals surface area (Å²) in [4.78, 5) is 25.7. The van der Waals surface area contributed by atoms with Crippen molar-refractivity contribution in [2.24, 2.45) is 5.92 Å². The number of halogens is 1. The standard InChI is InChI=1S/C27H32ClN5O2S/c1-6-15-33-25(23(17(3)4)30-26(35)20-13-8-9-14-21(20)28)31-32-27(33)36-16-22(34)29-24-18(5)11-10-12-19(24)7-2/h6,8-14,17,23H,1,7,15-16H2,2-5H3,(H,29,34)(H,30,35). The summed E-state index contributed by atoms with van der Waals surface area (Å²) in [6.07, 6.45) is 2.57. The van der Waals surface area contributed by atoms with Gasteiger partial charge < -0.3 is 15.2 Å². The van der Waals surface area contributed by atoms with Crippen molar-refractivity contribution >= 4 is 40.9 Å². The molecule has 7 nitrogen and oxygen atoms in total. The summed E-state index contributed by atoms with van der Waals surface area (Å²) >= 11 is 7.52. The Morgan fingerprint density at radius 2 is 1.92 bits per heavy atom. The van der Waals surface area contributed by atoms with Gasteiger partial charge in [0.05, 0.1) is 22.4 Å². The summed E-state index contributed by atoms with van der Waals surface area (Å²) in [5.41, 5.74) is 3.38. The highest BCUT2D eigenvalue weighted by Crippen LogP contribution is 2.27. The molecule has 0 bridgehead atoms. The van der Waals surface area contributed by atoms with Gasteiger partial charge in [0, 0.05) is 12.2 Å². The number of nitrogens with one attached hydrogen (secondary N) is 2. The van der Waals surface area contributed by atoms with Crippen LogP contribution in [0.5, 0.6) is 0 Å². The minimum absolute atomic E-state index is 0.0267. The van der Waals surface area contributed by atoms with Crippen LogP contribution >= 0.6 is 23.4 Å². The van der Waals surface area contributed by atoms with Crippen LogP contribution in [0.3, 0.4) is 0 Å². The molecule has 2 N–H and O–H groups in total. The molecule has 0 fully saturated rings. The van der Waals surface area contributed by atoms with Crippen LogP contribution in [0.2, 0.25) is 5.02 Å². The van der Waals surface area contributed by atoms with Crippen molar-refractivity contribution in [2.75, 3.05) is 11.1 Å². The topological polar surface area (TPSA) is 88.9 Å². The van der Waals surface area contributed by atoms with E-state index in [2.05, 4.69) is 34.3 Å². The molecule has 0 aliphatic heterocycles. The van der Waals surface area contributed by atoms with E-state index in [0.29, 0.717) is 28.1 Å². The Kier molecular flexibility index (Phi) is 9.73. The predicted octanol–water partition coefficient (Wildman–Crippen LogP) is 5.85. The van der Waals surface area contributed by atoms with Crippen LogP contribution in [0.4, 0.5) is 5.69 Å². The summed E-state index contributed by atoms with van der Waals surface area (Å²) < 4.78 is 1.88. The van der Waals surface area contributed by atoms with E-state index in [1.165, 1.54) is 11.8 Å². The monoisotopic (exact) mass is 525 g/mol. The second-order valence-corrected chi connectivity index (χ2v) is 10.1. The van der Waals surface area contributed by atoms with Gasteiger partial charge in [0.1, 0.15) is 0 Å². The van der Waals surface area contributed by atoms with Gasteiger partial charge in [-0.15, -0.1) is 16.8 Å². The number of rotatable bonds is 11. The number of anilines is 1. The Bertz CT molecular complexity index is 1240. The number of hydrogen-bond acceptors (Lipinski definition) is 5. The number of aryl methyl sites for hydroxylation is 2. The highest BCUT2D eigenvalue weighted by Gasteiger charge is 2.27. The fourth-order valence-corrected chi connectivity index (χ4v) is 4.82. The van der Waals surface area contributed by atoms with E-state index in [1.54, 1.807) is 30.3 Å². The van der Waals surface area contributed by atoms with Gasteiger partial charge in [0.25, 0.3) is 5.91 Å². The molecule has 0 aliphatic carbocycles. The van der Waals surface area contributed by atoms with E-state index >= 15 is 0 Å². The maximum atomic E-state index is 13.0. The van der Waals surface area contributed by atoms with Gasteiger partial charge in [-0.25, -0.2) is 0 Å². The van der Waals surface area contributed by atoms with E-state index in [4.69, 9.17) is 11.6 Å². The molecule has 190 valence electrons. The summed E-state index contributed by atoms with van der Waals surface area (Å²) in [5.74, 6) is 0.391. The molecule has 9 heteroatoms. The molecule has 36 heavy (non-hydrogen) atoms. The fourth-order valence-electron chi connectivity index (χ4n) is 3.84. The fraction of sp³-hybridized carbons (Fsp3) is 0.333. The number of benzene rings is 2. The predicted molar refractivity (Wildman–Crippen MR) is 147 cm³/mol. The van der Waals surface area contributed by atoms with Crippen molar-refractivity contribution in [2.45, 2.75) is 51.9 Å². The summed E-state index contributed by atoms with van der Waals surface area (Å²) in [6, 6.07) is 12.5. The number of hydrogen-bond donors (Lipinski definition) is 2. The largest absolute Gasteiger partial charge is 0.342 e. The van der Waals surface area contributed by atoms with Crippen molar-refractivity contribution in [3.63, 3.8) is 0 Å². The zero-order valence-electron chi connectivity index (χ0n) is 21.0. The summed E-state index contributed by atoms with van der Waals surface area (Å²) in [5, 5.41) is 15.8. The average Bonchev–Trinajstić information content (AvgIpc) is 3.24. The third-order valence-electron chi connectivity index (χ3n) is 5.74. The Labute approximate surface area is 221 Å². The maximum Gasteiger partial charge on any atom is 0.253 e. The number of aromatic nitrogens is 3. The van der Waals surface area contributed by atoms with Crippen LogP contribution in [-0.2, 0) is 17.8 Å². The molecular formula is C27H32ClN5O2S. The zero-order chi connectivity index (χ0) is 26.2. The zero-order valence-corrected chi connectivity index (χ0v) is 22.6. The second-order valence-electron chi connectivity index (χ2n) is 8.71. The van der Waals surface area contributed by atoms with Gasteiger partial charge in [-0.1, -0.05) is 80.5 Å². The third kappa shape index (κ3) is 6.56. The Balaban J connectivity index is 1.78. The molecule has 0 aliphatic rings. The van der Waals surface area contributed by atoms with Crippen LogP contribution in [0, 0.1) is 12.8 Å². The van der Waals surface area contributed by atoms with Gasteiger partial charge in [0.15, 0.2) is 11.0 Å². The molecule has 1 aromatic heterocycles. The smallest absolute Gasteiger partial charge is 0.253 e. The van der Waals surface area contributed by atoms with Crippen LogP contribution in [0.25, 0.3) is 0 Å². The Morgan fingerprint density at radius 3 is 2.58 bits per heavy atom. The number of nitrogens with zero attached hydrogens (tertiary/aromatic N) is 3. The molecular weight excluding hydrogens is 494 g/mol. The average molecular weight is 526 g/mol. The lowest BCUT2D eigenvalue weighted by atomic mass is 10.0.